The molecule has 1 aliphatic rings. The van der Waals surface area contributed by atoms with E-state index in [4.69, 9.17) is 0 Å². The average molecular weight is 315 g/mol. The van der Waals surface area contributed by atoms with E-state index in [1.807, 2.05) is 0 Å². The van der Waals surface area contributed by atoms with E-state index in [9.17, 15) is 4.79 Å². The molecule has 2 N–H and O–H groups in total. The minimum Gasteiger partial charge on any atom is -0.348 e. The highest BCUT2D eigenvalue weighted by Crippen LogP contribution is 2.45. The molecule has 1 amide bonds. The molecule has 1 saturated carbocycles. The van der Waals surface area contributed by atoms with Crippen LogP contribution < -0.4 is 5.32 Å². The standard InChI is InChI=1S/C17H21N3OS/c1-13-4-6-14(7-5-13)22-17(8-2-3-9-17)16(21)20-12-15-18-10-11-19-15/h4-7,10-11H,2-3,8-9,12H2,1H3,(H,18,19)(H,20,21). The van der Waals surface area contributed by atoms with Crippen molar-refractivity contribution in [2.75, 3.05) is 0 Å². The minimum absolute atomic E-state index is 0.131. The van der Waals surface area contributed by atoms with Crippen molar-refractivity contribution in [3.8, 4) is 0 Å². The average Bonchev–Trinajstić information content (AvgIpc) is 3.19. The van der Waals surface area contributed by atoms with Gasteiger partial charge < -0.3 is 10.3 Å². The Labute approximate surface area is 135 Å². The number of hydrogen-bond donors (Lipinski definition) is 2. The number of imidazole rings is 1. The zero-order valence-electron chi connectivity index (χ0n) is 12.8. The Morgan fingerprint density at radius 2 is 2.05 bits per heavy atom. The Bertz CT molecular complexity index is 616. The first-order valence-electron chi connectivity index (χ1n) is 7.70. The van der Waals surface area contributed by atoms with Crippen LogP contribution in [-0.4, -0.2) is 20.6 Å². The molecule has 0 spiro atoms. The summed E-state index contributed by atoms with van der Waals surface area (Å²) in [5, 5.41) is 3.05. The van der Waals surface area contributed by atoms with E-state index in [2.05, 4.69) is 46.5 Å². The number of carbonyl (C=O) groups is 1. The molecule has 1 aliphatic carbocycles. The van der Waals surface area contributed by atoms with Crippen LogP contribution in [0, 0.1) is 6.92 Å². The number of nitrogens with zero attached hydrogens (tertiary/aromatic N) is 1. The third kappa shape index (κ3) is 3.35. The van der Waals surface area contributed by atoms with Crippen molar-refractivity contribution in [2.24, 2.45) is 0 Å². The number of amides is 1. The SMILES string of the molecule is Cc1ccc(SC2(C(=O)NCc3ncc[nH]3)CCCC2)cc1. The van der Waals surface area contributed by atoms with Crippen molar-refractivity contribution in [3.05, 3.63) is 48.0 Å². The highest BCUT2D eigenvalue weighted by molar-refractivity contribution is 8.01. The fourth-order valence-corrected chi connectivity index (χ4v) is 4.25. The molecule has 0 atom stereocenters. The molecule has 2 aromatic rings. The summed E-state index contributed by atoms with van der Waals surface area (Å²) in [6.07, 6.45) is 7.59. The molecule has 5 heteroatoms. The Morgan fingerprint density at radius 3 is 2.68 bits per heavy atom. The Hall–Kier alpha value is -1.75. The third-order valence-corrected chi connectivity index (χ3v) is 5.62. The fourth-order valence-electron chi connectivity index (χ4n) is 2.87. The molecule has 0 aliphatic heterocycles. The summed E-state index contributed by atoms with van der Waals surface area (Å²) < 4.78 is -0.331. The number of hydrogen-bond acceptors (Lipinski definition) is 3. The summed E-state index contributed by atoms with van der Waals surface area (Å²) in [4.78, 5) is 21.1. The topological polar surface area (TPSA) is 57.8 Å². The number of nitrogens with one attached hydrogen (secondary N) is 2. The molecular formula is C17H21N3OS. The molecular weight excluding hydrogens is 294 g/mol. The van der Waals surface area contributed by atoms with Crippen LogP contribution in [0.1, 0.15) is 37.1 Å². The smallest absolute Gasteiger partial charge is 0.236 e. The lowest BCUT2D eigenvalue weighted by molar-refractivity contribution is -0.123. The quantitative estimate of drug-likeness (QED) is 0.888. The number of rotatable bonds is 5. The molecule has 1 aromatic carbocycles. The Kier molecular flexibility index (Phi) is 4.52. The third-order valence-electron chi connectivity index (χ3n) is 4.13. The van der Waals surface area contributed by atoms with Gasteiger partial charge in [-0.2, -0.15) is 0 Å². The van der Waals surface area contributed by atoms with Crippen molar-refractivity contribution < 1.29 is 4.79 Å². The highest BCUT2D eigenvalue weighted by Gasteiger charge is 2.42. The maximum absolute atomic E-state index is 12.8. The maximum atomic E-state index is 12.8. The summed E-state index contributed by atoms with van der Waals surface area (Å²) in [7, 11) is 0. The molecule has 0 unspecified atom stereocenters. The molecule has 1 fully saturated rings. The van der Waals surface area contributed by atoms with Crippen LogP contribution in [0.3, 0.4) is 0 Å². The predicted octanol–water partition coefficient (Wildman–Crippen LogP) is 3.44. The molecule has 3 rings (SSSR count). The summed E-state index contributed by atoms with van der Waals surface area (Å²) >= 11 is 1.71. The van der Waals surface area contributed by atoms with Gasteiger partial charge in [-0.25, -0.2) is 4.98 Å². The number of carbonyl (C=O) groups excluding carboxylic acids is 1. The van der Waals surface area contributed by atoms with E-state index in [1.165, 1.54) is 10.5 Å². The Morgan fingerprint density at radius 1 is 1.32 bits per heavy atom. The first-order chi connectivity index (χ1) is 10.7. The van der Waals surface area contributed by atoms with Gasteiger partial charge in [0.2, 0.25) is 5.91 Å². The first-order valence-corrected chi connectivity index (χ1v) is 8.52. The molecule has 0 saturated heterocycles. The lowest BCUT2D eigenvalue weighted by Gasteiger charge is -2.27. The molecule has 22 heavy (non-hydrogen) atoms. The monoisotopic (exact) mass is 315 g/mol. The second-order valence-electron chi connectivity index (χ2n) is 5.84. The largest absolute Gasteiger partial charge is 0.348 e. The first kappa shape index (κ1) is 15.2. The van der Waals surface area contributed by atoms with Crippen LogP contribution in [-0.2, 0) is 11.3 Å². The van der Waals surface area contributed by atoms with Crippen molar-refractivity contribution in [3.63, 3.8) is 0 Å². The summed E-state index contributed by atoms with van der Waals surface area (Å²) in [6.45, 7) is 2.54. The number of benzene rings is 1. The summed E-state index contributed by atoms with van der Waals surface area (Å²) in [6, 6.07) is 8.43. The van der Waals surface area contributed by atoms with Crippen LogP contribution in [0.25, 0.3) is 0 Å². The summed E-state index contributed by atoms with van der Waals surface area (Å²) in [5.41, 5.74) is 1.24. The van der Waals surface area contributed by atoms with Gasteiger partial charge in [-0.15, -0.1) is 11.8 Å². The normalized spacial score (nSPS) is 16.6. The molecule has 1 heterocycles. The Balaban J connectivity index is 1.70. The van der Waals surface area contributed by atoms with Gasteiger partial charge in [0.15, 0.2) is 0 Å². The zero-order chi connectivity index (χ0) is 15.4. The lowest BCUT2D eigenvalue weighted by Crippen LogP contribution is -2.42. The number of aromatic amines is 1. The van der Waals surface area contributed by atoms with Crippen LogP contribution in [0.5, 0.6) is 0 Å². The fraction of sp³-hybridized carbons (Fsp3) is 0.412. The van der Waals surface area contributed by atoms with Gasteiger partial charge in [-0.3, -0.25) is 4.79 Å². The van der Waals surface area contributed by atoms with E-state index in [0.717, 1.165) is 31.5 Å². The number of aryl methyl sites for hydroxylation is 1. The van der Waals surface area contributed by atoms with E-state index in [0.29, 0.717) is 6.54 Å². The van der Waals surface area contributed by atoms with E-state index in [1.54, 1.807) is 24.2 Å². The predicted molar refractivity (Wildman–Crippen MR) is 88.7 cm³/mol. The summed E-state index contributed by atoms with van der Waals surface area (Å²) in [5.74, 6) is 0.925. The van der Waals surface area contributed by atoms with Crippen molar-refractivity contribution in [1.82, 2.24) is 15.3 Å². The number of thioether (sulfide) groups is 1. The van der Waals surface area contributed by atoms with Crippen molar-refractivity contribution >= 4 is 17.7 Å². The maximum Gasteiger partial charge on any atom is 0.236 e. The minimum atomic E-state index is -0.331. The van der Waals surface area contributed by atoms with E-state index in [-0.39, 0.29) is 10.7 Å². The van der Waals surface area contributed by atoms with Gasteiger partial charge in [-0.05, 0) is 31.9 Å². The van der Waals surface area contributed by atoms with Crippen LogP contribution in [0.15, 0.2) is 41.6 Å². The highest BCUT2D eigenvalue weighted by atomic mass is 32.2. The van der Waals surface area contributed by atoms with Gasteiger partial charge in [0.1, 0.15) is 5.82 Å². The molecule has 0 radical (unpaired) electrons. The number of aromatic nitrogens is 2. The number of H-pyrrole nitrogens is 1. The molecule has 116 valence electrons. The molecule has 0 bridgehead atoms. The van der Waals surface area contributed by atoms with Crippen molar-refractivity contribution in [1.29, 1.82) is 0 Å². The van der Waals surface area contributed by atoms with Gasteiger partial charge in [0.05, 0.1) is 11.3 Å². The second-order valence-corrected chi connectivity index (χ2v) is 7.29. The molecule has 1 aromatic heterocycles. The van der Waals surface area contributed by atoms with Crippen LogP contribution in [0.2, 0.25) is 0 Å². The zero-order valence-corrected chi connectivity index (χ0v) is 13.6. The second kappa shape index (κ2) is 6.57. The van der Waals surface area contributed by atoms with Crippen LogP contribution in [0.4, 0.5) is 0 Å². The van der Waals surface area contributed by atoms with E-state index >= 15 is 0 Å². The van der Waals surface area contributed by atoms with Crippen molar-refractivity contribution in [2.45, 2.75) is 48.8 Å². The molecule has 4 nitrogen and oxygen atoms in total. The van der Waals surface area contributed by atoms with Gasteiger partial charge >= 0.3 is 0 Å². The van der Waals surface area contributed by atoms with Gasteiger partial charge in [0, 0.05) is 17.3 Å². The van der Waals surface area contributed by atoms with Gasteiger partial charge in [0.25, 0.3) is 0 Å². The van der Waals surface area contributed by atoms with Gasteiger partial charge in [-0.1, -0.05) is 30.5 Å². The van der Waals surface area contributed by atoms with E-state index < -0.39 is 0 Å². The lowest BCUT2D eigenvalue weighted by atomic mass is 10.1. The van der Waals surface area contributed by atoms with Crippen LogP contribution >= 0.6 is 11.8 Å².